The van der Waals surface area contributed by atoms with E-state index in [1.165, 1.54) is 0 Å². The van der Waals surface area contributed by atoms with Crippen molar-refractivity contribution >= 4 is 11.6 Å². The Hall–Kier alpha value is -0.890. The Kier molecular flexibility index (Phi) is 2.55. The Morgan fingerprint density at radius 2 is 1.80 bits per heavy atom. The lowest BCUT2D eigenvalue weighted by atomic mass is 9.88. The summed E-state index contributed by atoms with van der Waals surface area (Å²) in [5.74, 6) is 1.55. The third kappa shape index (κ3) is 2.37. The summed E-state index contributed by atoms with van der Waals surface area (Å²) < 4.78 is 10.6. The van der Waals surface area contributed by atoms with Gasteiger partial charge in [-0.15, -0.1) is 0 Å². The van der Waals surface area contributed by atoms with Crippen LogP contribution >= 0.6 is 11.6 Å². The first-order valence-corrected chi connectivity index (χ1v) is 5.41. The standard InChI is InChI=1S/C12H15ClO2/c1-12(2,3)6-8-4-10-11(5-9(8)13)15-7-14-10/h4-5H,6-7H2,1-3H3. The lowest BCUT2D eigenvalue weighted by Gasteiger charge is -2.19. The molecule has 0 spiro atoms. The number of benzene rings is 1. The number of fused-ring (bicyclic) bond motifs is 1. The van der Waals surface area contributed by atoms with Crippen LogP contribution in [-0.2, 0) is 6.42 Å². The fourth-order valence-corrected chi connectivity index (χ4v) is 1.89. The smallest absolute Gasteiger partial charge is 0.231 e. The quantitative estimate of drug-likeness (QED) is 0.728. The summed E-state index contributed by atoms with van der Waals surface area (Å²) >= 11 is 6.18. The first-order valence-electron chi connectivity index (χ1n) is 5.04. The molecule has 1 aliphatic rings. The lowest BCUT2D eigenvalue weighted by Crippen LogP contribution is -2.09. The van der Waals surface area contributed by atoms with Gasteiger partial charge in [0, 0.05) is 11.1 Å². The third-order valence-electron chi connectivity index (χ3n) is 2.26. The molecule has 0 unspecified atom stereocenters. The molecule has 15 heavy (non-hydrogen) atoms. The van der Waals surface area contributed by atoms with Crippen molar-refractivity contribution in [2.45, 2.75) is 27.2 Å². The van der Waals surface area contributed by atoms with Crippen LogP contribution in [0.3, 0.4) is 0 Å². The van der Waals surface area contributed by atoms with E-state index in [1.54, 1.807) is 0 Å². The topological polar surface area (TPSA) is 18.5 Å². The molecule has 82 valence electrons. The molecular formula is C12H15ClO2. The first kappa shape index (κ1) is 10.6. The molecule has 1 aromatic carbocycles. The molecule has 0 amide bonds. The Labute approximate surface area is 95.1 Å². The summed E-state index contributed by atoms with van der Waals surface area (Å²) in [5, 5.41) is 0.758. The van der Waals surface area contributed by atoms with Crippen molar-refractivity contribution in [1.82, 2.24) is 0 Å². The van der Waals surface area contributed by atoms with Gasteiger partial charge < -0.3 is 9.47 Å². The molecule has 0 N–H and O–H groups in total. The molecule has 0 saturated heterocycles. The molecule has 1 heterocycles. The van der Waals surface area contributed by atoms with Crippen LogP contribution in [0.4, 0.5) is 0 Å². The van der Waals surface area contributed by atoms with Crippen LogP contribution in [0.15, 0.2) is 12.1 Å². The van der Waals surface area contributed by atoms with E-state index in [2.05, 4.69) is 20.8 Å². The summed E-state index contributed by atoms with van der Waals surface area (Å²) in [5.41, 5.74) is 1.34. The van der Waals surface area contributed by atoms with Gasteiger partial charge in [0.05, 0.1) is 0 Å². The minimum Gasteiger partial charge on any atom is -0.454 e. The van der Waals surface area contributed by atoms with Crippen molar-refractivity contribution < 1.29 is 9.47 Å². The second-order valence-electron chi connectivity index (χ2n) is 5.03. The lowest BCUT2D eigenvalue weighted by molar-refractivity contribution is 0.174. The van der Waals surface area contributed by atoms with E-state index >= 15 is 0 Å². The zero-order valence-corrected chi connectivity index (χ0v) is 10.0. The molecule has 1 aromatic rings. The van der Waals surface area contributed by atoms with Gasteiger partial charge >= 0.3 is 0 Å². The summed E-state index contributed by atoms with van der Waals surface area (Å²) in [7, 11) is 0. The number of rotatable bonds is 1. The zero-order chi connectivity index (χ0) is 11.1. The normalized spacial score (nSPS) is 14.4. The molecule has 0 atom stereocenters. The van der Waals surface area contributed by atoms with Gasteiger partial charge in [0.1, 0.15) is 0 Å². The summed E-state index contributed by atoms with van der Waals surface area (Å²) in [4.78, 5) is 0. The second-order valence-corrected chi connectivity index (χ2v) is 5.44. The van der Waals surface area contributed by atoms with Crippen LogP contribution in [0.25, 0.3) is 0 Å². The van der Waals surface area contributed by atoms with E-state index < -0.39 is 0 Å². The molecule has 0 aromatic heterocycles. The van der Waals surface area contributed by atoms with Crippen molar-refractivity contribution in [2.24, 2.45) is 5.41 Å². The van der Waals surface area contributed by atoms with Crippen LogP contribution in [0.1, 0.15) is 26.3 Å². The van der Waals surface area contributed by atoms with Gasteiger partial charge in [-0.25, -0.2) is 0 Å². The maximum absolute atomic E-state index is 6.18. The number of halogens is 1. The predicted molar refractivity (Wildman–Crippen MR) is 60.7 cm³/mol. The predicted octanol–water partition coefficient (Wildman–Crippen LogP) is 3.66. The van der Waals surface area contributed by atoms with Gasteiger partial charge in [0.25, 0.3) is 0 Å². The molecule has 2 nitrogen and oxygen atoms in total. The Morgan fingerprint density at radius 1 is 1.20 bits per heavy atom. The second kappa shape index (κ2) is 3.60. The van der Waals surface area contributed by atoms with E-state index in [9.17, 15) is 0 Å². The van der Waals surface area contributed by atoms with Crippen molar-refractivity contribution in [3.8, 4) is 11.5 Å². The van der Waals surface area contributed by atoms with Crippen LogP contribution in [0.2, 0.25) is 5.02 Å². The van der Waals surface area contributed by atoms with Crippen LogP contribution < -0.4 is 9.47 Å². The average molecular weight is 227 g/mol. The fraction of sp³-hybridized carbons (Fsp3) is 0.500. The fourth-order valence-electron chi connectivity index (χ4n) is 1.67. The highest BCUT2D eigenvalue weighted by Gasteiger charge is 2.19. The Balaban J connectivity index is 2.33. The highest BCUT2D eigenvalue weighted by atomic mass is 35.5. The molecule has 2 rings (SSSR count). The largest absolute Gasteiger partial charge is 0.454 e. The van der Waals surface area contributed by atoms with Crippen LogP contribution in [-0.4, -0.2) is 6.79 Å². The van der Waals surface area contributed by atoms with Crippen molar-refractivity contribution in [3.05, 3.63) is 22.7 Å². The Morgan fingerprint density at radius 3 is 2.40 bits per heavy atom. The van der Waals surface area contributed by atoms with Crippen molar-refractivity contribution in [3.63, 3.8) is 0 Å². The molecule has 0 fully saturated rings. The Bertz CT molecular complexity index is 380. The third-order valence-corrected chi connectivity index (χ3v) is 2.61. The molecule has 0 aliphatic carbocycles. The van der Waals surface area contributed by atoms with E-state index in [0.29, 0.717) is 6.79 Å². The monoisotopic (exact) mass is 226 g/mol. The molecule has 0 radical (unpaired) electrons. The highest BCUT2D eigenvalue weighted by molar-refractivity contribution is 6.31. The number of hydrogen-bond acceptors (Lipinski definition) is 2. The van der Waals surface area contributed by atoms with Gasteiger partial charge in [0.2, 0.25) is 6.79 Å². The van der Waals surface area contributed by atoms with Gasteiger partial charge in [-0.05, 0) is 23.5 Å². The highest BCUT2D eigenvalue weighted by Crippen LogP contribution is 2.38. The first-order chi connectivity index (χ1) is 6.96. The van der Waals surface area contributed by atoms with E-state index in [-0.39, 0.29) is 5.41 Å². The molecule has 1 aliphatic heterocycles. The van der Waals surface area contributed by atoms with Crippen molar-refractivity contribution in [1.29, 1.82) is 0 Å². The van der Waals surface area contributed by atoms with E-state index in [1.807, 2.05) is 12.1 Å². The maximum Gasteiger partial charge on any atom is 0.231 e. The SMILES string of the molecule is CC(C)(C)Cc1cc2c(cc1Cl)OCO2. The van der Waals surface area contributed by atoms with Gasteiger partial charge in [-0.2, -0.15) is 0 Å². The maximum atomic E-state index is 6.18. The number of hydrogen-bond donors (Lipinski definition) is 0. The van der Waals surface area contributed by atoms with Gasteiger partial charge in [-0.1, -0.05) is 32.4 Å². The number of ether oxygens (including phenoxy) is 2. The zero-order valence-electron chi connectivity index (χ0n) is 9.26. The minimum absolute atomic E-state index is 0.220. The van der Waals surface area contributed by atoms with Crippen LogP contribution in [0.5, 0.6) is 11.5 Å². The molecule has 0 bridgehead atoms. The molecule has 0 saturated carbocycles. The van der Waals surface area contributed by atoms with Gasteiger partial charge in [0.15, 0.2) is 11.5 Å². The molecular weight excluding hydrogens is 212 g/mol. The van der Waals surface area contributed by atoms with E-state index in [4.69, 9.17) is 21.1 Å². The van der Waals surface area contributed by atoms with Gasteiger partial charge in [-0.3, -0.25) is 0 Å². The summed E-state index contributed by atoms with van der Waals surface area (Å²) in [6.45, 7) is 6.86. The van der Waals surface area contributed by atoms with E-state index in [0.717, 1.165) is 28.5 Å². The average Bonchev–Trinajstić information content (AvgIpc) is 2.49. The molecule has 3 heteroatoms. The van der Waals surface area contributed by atoms with Crippen LogP contribution in [0, 0.1) is 5.41 Å². The summed E-state index contributed by atoms with van der Waals surface area (Å²) in [6.07, 6.45) is 0.933. The summed E-state index contributed by atoms with van der Waals surface area (Å²) in [6, 6.07) is 3.82. The minimum atomic E-state index is 0.220. The van der Waals surface area contributed by atoms with Crippen molar-refractivity contribution in [2.75, 3.05) is 6.79 Å².